The van der Waals surface area contributed by atoms with E-state index >= 15 is 0 Å². The molecule has 0 radical (unpaired) electrons. The van der Waals surface area contributed by atoms with Gasteiger partial charge < -0.3 is 40.2 Å². The zero-order valence-electron chi connectivity index (χ0n) is 13.5. The van der Waals surface area contributed by atoms with Crippen molar-refractivity contribution < 1.29 is 47.7 Å². The summed E-state index contributed by atoms with van der Waals surface area (Å²) >= 11 is 0. The van der Waals surface area contributed by atoms with Crippen LogP contribution in [-0.4, -0.2) is 70.1 Å². The van der Waals surface area contributed by atoms with Crippen molar-refractivity contribution in [3.8, 4) is 0 Å². The molecule has 16 nitrogen and oxygen atoms in total. The summed E-state index contributed by atoms with van der Waals surface area (Å²) in [7, 11) is 0. The summed E-state index contributed by atoms with van der Waals surface area (Å²) in [5.74, 6) is 0. The number of nitrogens with zero attached hydrogens (tertiary/aromatic N) is 2. The van der Waals surface area contributed by atoms with Crippen LogP contribution in [0.3, 0.4) is 0 Å². The van der Waals surface area contributed by atoms with Crippen LogP contribution in [0, 0.1) is 0 Å². The van der Waals surface area contributed by atoms with E-state index in [2.05, 4.69) is 28.9 Å². The standard InChI is InChI=1S/C11H14N6O10/c18-4-12-1-14-8(20)24-6-26-10(22)16-3-17-11(23)27-7-25-9(21)15-2-13-5-19/h1-3,6-7H2,(H,14,20)(H,15,21)(H,16,22)(H,17,23). The predicted molar refractivity (Wildman–Crippen MR) is 79.0 cm³/mol. The van der Waals surface area contributed by atoms with Gasteiger partial charge in [0.2, 0.25) is 25.7 Å². The minimum Gasteiger partial charge on any atom is -0.412 e. The van der Waals surface area contributed by atoms with Crippen LogP contribution in [0.1, 0.15) is 0 Å². The van der Waals surface area contributed by atoms with Crippen molar-refractivity contribution in [1.82, 2.24) is 21.3 Å². The highest BCUT2D eigenvalue weighted by molar-refractivity contribution is 5.71. The molecule has 0 spiro atoms. The van der Waals surface area contributed by atoms with E-state index in [-0.39, 0.29) is 13.3 Å². The smallest absolute Gasteiger partial charge is 0.411 e. The van der Waals surface area contributed by atoms with E-state index in [9.17, 15) is 28.8 Å². The third kappa shape index (κ3) is 15.1. The van der Waals surface area contributed by atoms with Crippen molar-refractivity contribution in [3.05, 3.63) is 0 Å². The number of hydrogen-bond acceptors (Lipinski definition) is 12. The van der Waals surface area contributed by atoms with Gasteiger partial charge in [0, 0.05) is 0 Å². The molecule has 0 aromatic heterocycles. The molecule has 0 saturated carbocycles. The second-order valence-corrected chi connectivity index (χ2v) is 3.66. The molecular weight excluding hydrogens is 376 g/mol. The Morgan fingerprint density at radius 1 is 0.630 bits per heavy atom. The third-order valence-electron chi connectivity index (χ3n) is 1.96. The average Bonchev–Trinajstić information content (AvgIpc) is 2.62. The Morgan fingerprint density at radius 3 is 1.30 bits per heavy atom. The highest BCUT2D eigenvalue weighted by Crippen LogP contribution is 1.84. The summed E-state index contributed by atoms with van der Waals surface area (Å²) in [6, 6.07) is 0. The lowest BCUT2D eigenvalue weighted by Gasteiger charge is -2.09. The molecule has 0 unspecified atom stereocenters. The van der Waals surface area contributed by atoms with Crippen molar-refractivity contribution in [2.75, 3.05) is 33.6 Å². The zero-order chi connectivity index (χ0) is 20.3. The van der Waals surface area contributed by atoms with Crippen LogP contribution in [0.2, 0.25) is 0 Å². The van der Waals surface area contributed by atoms with Crippen LogP contribution < -0.4 is 21.3 Å². The lowest BCUT2D eigenvalue weighted by atomic mass is 10.9. The van der Waals surface area contributed by atoms with Crippen LogP contribution in [-0.2, 0) is 28.5 Å². The second-order valence-electron chi connectivity index (χ2n) is 3.66. The Bertz CT molecular complexity index is 561. The lowest BCUT2D eigenvalue weighted by Crippen LogP contribution is -2.38. The molecular formula is C11H14N6O10. The first kappa shape index (κ1) is 22.8. The molecule has 0 aromatic rings. The number of rotatable bonds is 10. The molecule has 4 amide bonds. The first-order valence-electron chi connectivity index (χ1n) is 6.69. The van der Waals surface area contributed by atoms with E-state index in [1.54, 1.807) is 0 Å². The molecule has 0 fully saturated rings. The Kier molecular flexibility index (Phi) is 13.0. The summed E-state index contributed by atoms with van der Waals surface area (Å²) in [4.78, 5) is 69.8. The molecule has 0 aliphatic heterocycles. The van der Waals surface area contributed by atoms with E-state index < -0.39 is 44.6 Å². The SMILES string of the molecule is O=C=NCNC(=O)OCOC(=O)NCNC(=O)OCOC(=O)NCN=C=O. The molecule has 0 heterocycles. The Labute approximate surface area is 150 Å². The number of hydrogen-bond donors (Lipinski definition) is 4. The maximum atomic E-state index is 11.2. The Balaban J connectivity index is 3.66. The maximum Gasteiger partial charge on any atom is 0.411 e. The van der Waals surface area contributed by atoms with Crippen molar-refractivity contribution in [2.24, 2.45) is 9.98 Å². The topological polar surface area (TPSA) is 212 Å². The summed E-state index contributed by atoms with van der Waals surface area (Å²) in [6.45, 7) is -2.61. The quantitative estimate of drug-likeness (QED) is 0.189. The molecule has 4 N–H and O–H groups in total. The second kappa shape index (κ2) is 15.4. The monoisotopic (exact) mass is 390 g/mol. The highest BCUT2D eigenvalue weighted by Gasteiger charge is 2.07. The Morgan fingerprint density at radius 2 is 0.963 bits per heavy atom. The van der Waals surface area contributed by atoms with Gasteiger partial charge in [0.25, 0.3) is 0 Å². The number of ether oxygens (including phenoxy) is 4. The molecule has 0 saturated heterocycles. The summed E-state index contributed by atoms with van der Waals surface area (Å²) < 4.78 is 17.6. The third-order valence-corrected chi connectivity index (χ3v) is 1.96. The molecule has 0 bridgehead atoms. The molecule has 0 aliphatic rings. The van der Waals surface area contributed by atoms with Gasteiger partial charge >= 0.3 is 24.4 Å². The van der Waals surface area contributed by atoms with Gasteiger partial charge in [-0.15, -0.1) is 0 Å². The van der Waals surface area contributed by atoms with Gasteiger partial charge in [-0.1, -0.05) is 0 Å². The minimum atomic E-state index is -1.04. The summed E-state index contributed by atoms with van der Waals surface area (Å²) in [5, 5.41) is 8.14. The maximum absolute atomic E-state index is 11.2. The normalized spacial score (nSPS) is 8.59. The van der Waals surface area contributed by atoms with Gasteiger partial charge in [0.15, 0.2) is 0 Å². The number of amides is 4. The average molecular weight is 390 g/mol. The minimum absolute atomic E-state index is 0.349. The molecule has 148 valence electrons. The molecule has 0 rings (SSSR count). The van der Waals surface area contributed by atoms with E-state index in [0.717, 1.165) is 0 Å². The van der Waals surface area contributed by atoms with Gasteiger partial charge in [0.1, 0.15) is 13.3 Å². The van der Waals surface area contributed by atoms with Crippen molar-refractivity contribution >= 4 is 36.5 Å². The van der Waals surface area contributed by atoms with E-state index in [4.69, 9.17) is 0 Å². The van der Waals surface area contributed by atoms with E-state index in [1.165, 1.54) is 12.2 Å². The number of carbonyl (C=O) groups is 4. The molecule has 0 aromatic carbocycles. The first-order chi connectivity index (χ1) is 13.0. The van der Waals surface area contributed by atoms with Gasteiger partial charge in [-0.3, -0.25) is 0 Å². The van der Waals surface area contributed by atoms with Gasteiger partial charge in [-0.05, 0) is 0 Å². The molecule has 0 atom stereocenters. The fourth-order valence-corrected chi connectivity index (χ4v) is 0.938. The van der Waals surface area contributed by atoms with Crippen LogP contribution in [0.15, 0.2) is 9.98 Å². The van der Waals surface area contributed by atoms with Gasteiger partial charge in [0.05, 0.1) is 6.67 Å². The predicted octanol–water partition coefficient (Wildman–Crippen LogP) is -1.65. The lowest BCUT2D eigenvalue weighted by molar-refractivity contribution is 0.0222. The largest absolute Gasteiger partial charge is 0.412 e. The fraction of sp³-hybridized carbons (Fsp3) is 0.455. The number of nitrogens with one attached hydrogen (secondary N) is 4. The van der Waals surface area contributed by atoms with Crippen LogP contribution in [0.4, 0.5) is 19.2 Å². The number of aliphatic imine (C=N–C) groups is 2. The first-order valence-corrected chi connectivity index (χ1v) is 6.69. The Hall–Kier alpha value is -4.16. The van der Waals surface area contributed by atoms with Crippen LogP contribution >= 0.6 is 0 Å². The van der Waals surface area contributed by atoms with Crippen LogP contribution in [0.25, 0.3) is 0 Å². The summed E-state index contributed by atoms with van der Waals surface area (Å²) in [5.41, 5.74) is 0. The number of isocyanates is 2. The molecule has 27 heavy (non-hydrogen) atoms. The van der Waals surface area contributed by atoms with Crippen molar-refractivity contribution in [2.45, 2.75) is 0 Å². The van der Waals surface area contributed by atoms with E-state index in [1.807, 2.05) is 21.3 Å². The van der Waals surface area contributed by atoms with Gasteiger partial charge in [-0.2, -0.15) is 9.98 Å². The van der Waals surface area contributed by atoms with Crippen molar-refractivity contribution in [1.29, 1.82) is 0 Å². The fourth-order valence-electron chi connectivity index (χ4n) is 0.938. The highest BCUT2D eigenvalue weighted by atomic mass is 16.7. The molecule has 0 aliphatic carbocycles. The van der Waals surface area contributed by atoms with Crippen molar-refractivity contribution in [3.63, 3.8) is 0 Å². The zero-order valence-corrected chi connectivity index (χ0v) is 13.5. The van der Waals surface area contributed by atoms with Crippen LogP contribution in [0.5, 0.6) is 0 Å². The van der Waals surface area contributed by atoms with E-state index in [0.29, 0.717) is 0 Å². The molecule has 16 heteroatoms. The number of carbonyl (C=O) groups excluding carboxylic acids is 6. The van der Waals surface area contributed by atoms with Gasteiger partial charge in [-0.25, -0.2) is 28.8 Å². The number of alkyl carbamates (subject to hydrolysis) is 4. The summed E-state index contributed by atoms with van der Waals surface area (Å²) in [6.07, 6.45) is -1.72.